The fourth-order valence-corrected chi connectivity index (χ4v) is 2.36. The van der Waals surface area contributed by atoms with Gasteiger partial charge in [0, 0.05) is 23.0 Å². The van der Waals surface area contributed by atoms with Crippen LogP contribution in [0.2, 0.25) is 0 Å². The molecule has 0 aliphatic heterocycles. The Kier molecular flexibility index (Phi) is 3.94. The zero-order valence-corrected chi connectivity index (χ0v) is 10.2. The van der Waals surface area contributed by atoms with E-state index in [0.717, 1.165) is 11.0 Å². The summed E-state index contributed by atoms with van der Waals surface area (Å²) in [7, 11) is 0. The number of halogens is 1. The summed E-state index contributed by atoms with van der Waals surface area (Å²) in [5.74, 6) is -1.06. The lowest BCUT2D eigenvalue weighted by molar-refractivity contribution is 0.0696. The summed E-state index contributed by atoms with van der Waals surface area (Å²) in [6.07, 6.45) is 3.32. The number of hydrogen-bond donors (Lipinski definition) is 1. The van der Waals surface area contributed by atoms with Gasteiger partial charge in [0.2, 0.25) is 0 Å². The highest BCUT2D eigenvalue weighted by Crippen LogP contribution is 2.24. The van der Waals surface area contributed by atoms with E-state index in [1.54, 1.807) is 12.4 Å². The minimum absolute atomic E-state index is 0.137. The Morgan fingerprint density at radius 2 is 2.00 bits per heavy atom. The van der Waals surface area contributed by atoms with Crippen LogP contribution in [0.15, 0.2) is 47.6 Å². The van der Waals surface area contributed by atoms with Gasteiger partial charge in [0.1, 0.15) is 5.82 Å². The predicted octanol–water partition coefficient (Wildman–Crippen LogP) is 3.21. The summed E-state index contributed by atoms with van der Waals surface area (Å²) in [6.45, 7) is 0. The molecule has 3 nitrogen and oxygen atoms in total. The quantitative estimate of drug-likeness (QED) is 0.860. The second-order valence-corrected chi connectivity index (χ2v) is 4.63. The first kappa shape index (κ1) is 12.6. The molecule has 0 amide bonds. The number of rotatable bonds is 4. The summed E-state index contributed by atoms with van der Waals surface area (Å²) in [6, 6.07) is 7.36. The van der Waals surface area contributed by atoms with E-state index in [2.05, 4.69) is 4.98 Å². The van der Waals surface area contributed by atoms with Gasteiger partial charge in [-0.3, -0.25) is 4.98 Å². The third-order valence-electron chi connectivity index (χ3n) is 2.34. The second-order valence-electron chi connectivity index (χ2n) is 3.58. The number of pyridine rings is 1. The van der Waals surface area contributed by atoms with Crippen molar-refractivity contribution in [1.29, 1.82) is 0 Å². The van der Waals surface area contributed by atoms with Gasteiger partial charge in [-0.25, -0.2) is 9.18 Å². The Morgan fingerprint density at radius 3 is 2.67 bits per heavy atom. The Bertz CT molecular complexity index is 560. The third kappa shape index (κ3) is 3.07. The van der Waals surface area contributed by atoms with Crippen molar-refractivity contribution in [3.63, 3.8) is 0 Å². The van der Waals surface area contributed by atoms with Crippen molar-refractivity contribution in [3.8, 4) is 0 Å². The minimum Gasteiger partial charge on any atom is -0.478 e. The first-order chi connectivity index (χ1) is 8.66. The van der Waals surface area contributed by atoms with Gasteiger partial charge in [0.05, 0.1) is 5.56 Å². The molecule has 2 aromatic rings. The number of aromatic carboxylic acids is 1. The van der Waals surface area contributed by atoms with Crippen LogP contribution in [-0.4, -0.2) is 16.1 Å². The molecule has 0 aliphatic rings. The highest BCUT2D eigenvalue weighted by molar-refractivity contribution is 7.98. The summed E-state index contributed by atoms with van der Waals surface area (Å²) >= 11 is 1.44. The van der Waals surface area contributed by atoms with Gasteiger partial charge in [0.15, 0.2) is 0 Å². The second kappa shape index (κ2) is 5.64. The first-order valence-corrected chi connectivity index (χ1v) is 6.20. The van der Waals surface area contributed by atoms with Gasteiger partial charge in [-0.05, 0) is 35.9 Å². The van der Waals surface area contributed by atoms with E-state index >= 15 is 0 Å². The molecule has 0 saturated heterocycles. The van der Waals surface area contributed by atoms with Crippen LogP contribution in [0.4, 0.5) is 4.39 Å². The van der Waals surface area contributed by atoms with Crippen LogP contribution in [0.25, 0.3) is 0 Å². The van der Waals surface area contributed by atoms with Crippen LogP contribution in [0.3, 0.4) is 0 Å². The van der Waals surface area contributed by atoms with Gasteiger partial charge in [0.25, 0.3) is 0 Å². The van der Waals surface area contributed by atoms with Crippen LogP contribution in [0.5, 0.6) is 0 Å². The topological polar surface area (TPSA) is 50.2 Å². The number of carbonyl (C=O) groups is 1. The number of thioether (sulfide) groups is 1. The SMILES string of the molecule is O=C(O)c1ccc(F)cc1CSc1ccncc1. The monoisotopic (exact) mass is 263 g/mol. The molecule has 1 N–H and O–H groups in total. The molecule has 1 heterocycles. The van der Waals surface area contributed by atoms with E-state index in [1.165, 1.54) is 23.9 Å². The maximum absolute atomic E-state index is 13.1. The van der Waals surface area contributed by atoms with Crippen molar-refractivity contribution in [2.45, 2.75) is 10.6 Å². The summed E-state index contributed by atoms with van der Waals surface area (Å²) in [4.78, 5) is 15.9. The van der Waals surface area contributed by atoms with Crippen molar-refractivity contribution in [3.05, 3.63) is 59.7 Å². The minimum atomic E-state index is -1.04. The molecular weight excluding hydrogens is 253 g/mol. The lowest BCUT2D eigenvalue weighted by atomic mass is 10.1. The number of hydrogen-bond acceptors (Lipinski definition) is 3. The zero-order valence-electron chi connectivity index (χ0n) is 9.34. The Balaban J connectivity index is 2.18. The van der Waals surface area contributed by atoms with Crippen molar-refractivity contribution in [2.24, 2.45) is 0 Å². The molecule has 0 aliphatic carbocycles. The average Bonchev–Trinajstić information content (AvgIpc) is 2.37. The molecule has 0 unspecified atom stereocenters. The van der Waals surface area contributed by atoms with Gasteiger partial charge in [-0.1, -0.05) is 0 Å². The standard InChI is InChI=1S/C13H10FNO2S/c14-10-1-2-12(13(16)17)9(7-10)8-18-11-3-5-15-6-4-11/h1-7H,8H2,(H,16,17). The van der Waals surface area contributed by atoms with Crippen LogP contribution in [-0.2, 0) is 5.75 Å². The maximum Gasteiger partial charge on any atom is 0.335 e. The van der Waals surface area contributed by atoms with Gasteiger partial charge in [-0.2, -0.15) is 0 Å². The zero-order chi connectivity index (χ0) is 13.0. The molecular formula is C13H10FNO2S. The maximum atomic E-state index is 13.1. The molecule has 0 spiro atoms. The molecule has 0 fully saturated rings. The van der Waals surface area contributed by atoms with Crippen LogP contribution in [0, 0.1) is 5.82 Å². The number of nitrogens with zero attached hydrogens (tertiary/aromatic N) is 1. The van der Waals surface area contributed by atoms with E-state index in [9.17, 15) is 9.18 Å². The predicted molar refractivity (Wildman–Crippen MR) is 67.2 cm³/mol. The van der Waals surface area contributed by atoms with Crippen molar-refractivity contribution < 1.29 is 14.3 Å². The lowest BCUT2D eigenvalue weighted by Gasteiger charge is -2.06. The van der Waals surface area contributed by atoms with E-state index in [4.69, 9.17) is 5.11 Å². The number of carboxylic acids is 1. The lowest BCUT2D eigenvalue weighted by Crippen LogP contribution is -2.02. The summed E-state index contributed by atoms with van der Waals surface area (Å²) < 4.78 is 13.1. The molecule has 5 heteroatoms. The fraction of sp³-hybridized carbons (Fsp3) is 0.0769. The van der Waals surface area contributed by atoms with Crippen LogP contribution >= 0.6 is 11.8 Å². The van der Waals surface area contributed by atoms with Crippen LogP contribution < -0.4 is 0 Å². The van der Waals surface area contributed by atoms with Crippen LogP contribution in [0.1, 0.15) is 15.9 Å². The largest absolute Gasteiger partial charge is 0.478 e. The smallest absolute Gasteiger partial charge is 0.335 e. The van der Waals surface area contributed by atoms with Crippen molar-refractivity contribution >= 4 is 17.7 Å². The molecule has 0 saturated carbocycles. The normalized spacial score (nSPS) is 10.3. The number of carboxylic acid groups (broad SMARTS) is 1. The molecule has 2 rings (SSSR count). The highest BCUT2D eigenvalue weighted by Gasteiger charge is 2.11. The molecule has 0 atom stereocenters. The Morgan fingerprint density at radius 1 is 1.28 bits per heavy atom. The third-order valence-corrected chi connectivity index (χ3v) is 3.40. The molecule has 1 aromatic heterocycles. The molecule has 92 valence electrons. The van der Waals surface area contributed by atoms with Gasteiger partial charge in [-0.15, -0.1) is 11.8 Å². The summed E-state index contributed by atoms with van der Waals surface area (Å²) in [5, 5.41) is 9.01. The molecule has 0 radical (unpaired) electrons. The van der Waals surface area contributed by atoms with Crippen molar-refractivity contribution in [1.82, 2.24) is 4.98 Å². The fourth-order valence-electron chi connectivity index (χ4n) is 1.49. The first-order valence-electron chi connectivity index (χ1n) is 5.21. The molecule has 1 aromatic carbocycles. The average molecular weight is 263 g/mol. The molecule has 0 bridgehead atoms. The van der Waals surface area contributed by atoms with Gasteiger partial charge >= 0.3 is 5.97 Å². The van der Waals surface area contributed by atoms with Crippen molar-refractivity contribution in [2.75, 3.05) is 0 Å². The Labute approximate surface area is 108 Å². The van der Waals surface area contributed by atoms with E-state index in [-0.39, 0.29) is 5.56 Å². The van der Waals surface area contributed by atoms with Gasteiger partial charge < -0.3 is 5.11 Å². The highest BCUT2D eigenvalue weighted by atomic mass is 32.2. The summed E-state index contributed by atoms with van der Waals surface area (Å²) in [5.41, 5.74) is 0.613. The van der Waals surface area contributed by atoms with E-state index in [1.807, 2.05) is 12.1 Å². The molecule has 18 heavy (non-hydrogen) atoms. The Hall–Kier alpha value is -1.88. The van der Waals surface area contributed by atoms with E-state index in [0.29, 0.717) is 11.3 Å². The number of aromatic nitrogens is 1. The van der Waals surface area contributed by atoms with E-state index < -0.39 is 11.8 Å². The number of benzene rings is 1.